The number of benzene rings is 4. The number of sulfonamides is 1. The number of amides is 2. The van der Waals surface area contributed by atoms with Crippen molar-refractivity contribution in [3.8, 4) is 5.75 Å². The fourth-order valence-corrected chi connectivity index (χ4v) is 5.34. The van der Waals surface area contributed by atoms with Crippen LogP contribution < -0.4 is 19.8 Å². The standard InChI is InChI=1S/C31H29FN4O5S/c1-22-7-17-28(18-8-22)42(39,40)36(29-6-4-3-5-23(29)2)20-30(37)35-33-19-24-9-15-27(16-10-24)41-21-31(38)34-26-13-11-25(32)12-14-26/h3-19H,20-21H2,1-2H3,(H,34,38)(H,35,37)/b33-19-. The van der Waals surface area contributed by atoms with Crippen LogP contribution in [-0.2, 0) is 19.6 Å². The fraction of sp³-hybridized carbons (Fsp3) is 0.129. The Kier molecular flexibility index (Phi) is 9.66. The Morgan fingerprint density at radius 2 is 1.55 bits per heavy atom. The van der Waals surface area contributed by atoms with E-state index < -0.39 is 34.2 Å². The van der Waals surface area contributed by atoms with E-state index in [1.165, 1.54) is 42.6 Å². The molecular weight excluding hydrogens is 559 g/mol. The predicted molar refractivity (Wildman–Crippen MR) is 160 cm³/mol. The van der Waals surface area contributed by atoms with Crippen molar-refractivity contribution < 1.29 is 27.1 Å². The molecule has 0 fully saturated rings. The molecule has 11 heteroatoms. The number of halogens is 1. The van der Waals surface area contributed by atoms with Crippen LogP contribution in [0, 0.1) is 19.7 Å². The van der Waals surface area contributed by atoms with E-state index in [0.717, 1.165) is 9.87 Å². The van der Waals surface area contributed by atoms with Gasteiger partial charge in [-0.2, -0.15) is 5.10 Å². The molecule has 0 aliphatic heterocycles. The van der Waals surface area contributed by atoms with Gasteiger partial charge in [0.15, 0.2) is 6.61 Å². The Bertz CT molecular complexity index is 1670. The number of hydrogen-bond donors (Lipinski definition) is 2. The summed E-state index contributed by atoms with van der Waals surface area (Å²) < 4.78 is 46.6. The zero-order valence-corrected chi connectivity index (χ0v) is 23.8. The van der Waals surface area contributed by atoms with Crippen LogP contribution in [0.1, 0.15) is 16.7 Å². The highest BCUT2D eigenvalue weighted by Gasteiger charge is 2.28. The van der Waals surface area contributed by atoms with E-state index in [4.69, 9.17) is 4.74 Å². The molecule has 0 aromatic heterocycles. The Labute approximate surface area is 243 Å². The predicted octanol–water partition coefficient (Wildman–Crippen LogP) is 4.81. The Balaban J connectivity index is 1.35. The van der Waals surface area contributed by atoms with Gasteiger partial charge < -0.3 is 10.1 Å². The second kappa shape index (κ2) is 13.6. The first-order valence-corrected chi connectivity index (χ1v) is 14.3. The number of hydrazone groups is 1. The second-order valence-electron chi connectivity index (χ2n) is 9.32. The Hall–Kier alpha value is -5.03. The number of nitrogens with zero attached hydrogens (tertiary/aromatic N) is 2. The summed E-state index contributed by atoms with van der Waals surface area (Å²) in [6.07, 6.45) is 1.40. The second-order valence-corrected chi connectivity index (χ2v) is 11.2. The Morgan fingerprint density at radius 1 is 0.881 bits per heavy atom. The third-order valence-corrected chi connectivity index (χ3v) is 7.84. The maximum atomic E-state index is 13.5. The zero-order chi connectivity index (χ0) is 30.1. The van der Waals surface area contributed by atoms with Gasteiger partial charge in [-0.05, 0) is 91.7 Å². The van der Waals surface area contributed by atoms with Crippen molar-refractivity contribution in [3.05, 3.63) is 120 Å². The van der Waals surface area contributed by atoms with Crippen LogP contribution in [0.3, 0.4) is 0 Å². The van der Waals surface area contributed by atoms with Crippen molar-refractivity contribution in [2.45, 2.75) is 18.7 Å². The first-order valence-electron chi connectivity index (χ1n) is 12.9. The lowest BCUT2D eigenvalue weighted by atomic mass is 10.2. The number of aryl methyl sites for hydroxylation is 2. The van der Waals surface area contributed by atoms with Crippen LogP contribution in [0.5, 0.6) is 5.75 Å². The van der Waals surface area contributed by atoms with Gasteiger partial charge in [0, 0.05) is 5.69 Å². The molecular formula is C31H29FN4O5S. The molecule has 0 atom stereocenters. The first kappa shape index (κ1) is 29.9. The minimum atomic E-state index is -4.04. The third kappa shape index (κ3) is 8.01. The van der Waals surface area contributed by atoms with Gasteiger partial charge in [-0.15, -0.1) is 0 Å². The summed E-state index contributed by atoms with van der Waals surface area (Å²) in [7, 11) is -4.04. The molecule has 4 aromatic carbocycles. The number of anilines is 2. The summed E-state index contributed by atoms with van der Waals surface area (Å²) in [5.41, 5.74) is 5.45. The average Bonchev–Trinajstić information content (AvgIpc) is 2.97. The molecule has 4 rings (SSSR count). The minimum absolute atomic E-state index is 0.0721. The molecule has 4 aromatic rings. The molecule has 0 heterocycles. The lowest BCUT2D eigenvalue weighted by Crippen LogP contribution is -2.40. The van der Waals surface area contributed by atoms with E-state index in [2.05, 4.69) is 15.8 Å². The van der Waals surface area contributed by atoms with Crippen LogP contribution in [0.2, 0.25) is 0 Å². The van der Waals surface area contributed by atoms with Crippen molar-refractivity contribution in [2.75, 3.05) is 22.8 Å². The maximum Gasteiger partial charge on any atom is 0.264 e. The topological polar surface area (TPSA) is 117 Å². The number of para-hydroxylation sites is 1. The van der Waals surface area contributed by atoms with Gasteiger partial charge in [0.25, 0.3) is 21.8 Å². The van der Waals surface area contributed by atoms with E-state index in [9.17, 15) is 22.4 Å². The number of ether oxygens (including phenoxy) is 1. The lowest BCUT2D eigenvalue weighted by molar-refractivity contribution is -0.119. The van der Waals surface area contributed by atoms with E-state index in [1.54, 1.807) is 67.6 Å². The molecule has 9 nitrogen and oxygen atoms in total. The molecule has 0 aliphatic carbocycles. The third-order valence-electron chi connectivity index (χ3n) is 6.06. The molecule has 0 saturated carbocycles. The normalized spacial score (nSPS) is 11.2. The molecule has 0 saturated heterocycles. The highest BCUT2D eigenvalue weighted by atomic mass is 32.2. The number of hydrogen-bond acceptors (Lipinski definition) is 6. The van der Waals surface area contributed by atoms with E-state index in [-0.39, 0.29) is 11.5 Å². The van der Waals surface area contributed by atoms with Crippen molar-refractivity contribution >= 4 is 39.4 Å². The molecule has 2 N–H and O–H groups in total. The summed E-state index contributed by atoms with van der Waals surface area (Å²) in [6.45, 7) is 2.90. The fourth-order valence-electron chi connectivity index (χ4n) is 3.85. The largest absolute Gasteiger partial charge is 0.484 e. The molecule has 0 aliphatic rings. The molecule has 0 bridgehead atoms. The van der Waals surface area contributed by atoms with Crippen LogP contribution in [0.25, 0.3) is 0 Å². The van der Waals surface area contributed by atoms with E-state index >= 15 is 0 Å². The van der Waals surface area contributed by atoms with Gasteiger partial charge in [0.05, 0.1) is 16.8 Å². The van der Waals surface area contributed by atoms with Crippen molar-refractivity contribution in [3.63, 3.8) is 0 Å². The van der Waals surface area contributed by atoms with Crippen LogP contribution in [-0.4, -0.2) is 39.6 Å². The summed E-state index contributed by atoms with van der Waals surface area (Å²) in [5, 5.41) is 6.56. The summed E-state index contributed by atoms with van der Waals surface area (Å²) in [4.78, 5) is 24.9. The molecule has 0 radical (unpaired) electrons. The van der Waals surface area contributed by atoms with Crippen molar-refractivity contribution in [1.82, 2.24) is 5.43 Å². The summed E-state index contributed by atoms with van der Waals surface area (Å²) >= 11 is 0. The molecule has 0 spiro atoms. The SMILES string of the molecule is Cc1ccc(S(=O)(=O)N(CC(=O)N/N=C\c2ccc(OCC(=O)Nc3ccc(F)cc3)cc2)c2ccccc2C)cc1. The van der Waals surface area contributed by atoms with Gasteiger partial charge in [-0.1, -0.05) is 35.9 Å². The molecule has 0 unspecified atom stereocenters. The average molecular weight is 589 g/mol. The first-order chi connectivity index (χ1) is 20.1. The molecule has 42 heavy (non-hydrogen) atoms. The highest BCUT2D eigenvalue weighted by Crippen LogP contribution is 2.26. The monoisotopic (exact) mass is 588 g/mol. The van der Waals surface area contributed by atoms with Gasteiger partial charge in [0.1, 0.15) is 18.1 Å². The van der Waals surface area contributed by atoms with E-state index in [1.807, 2.05) is 6.92 Å². The number of rotatable bonds is 11. The Morgan fingerprint density at radius 3 is 2.21 bits per heavy atom. The maximum absolute atomic E-state index is 13.5. The van der Waals surface area contributed by atoms with Crippen molar-refractivity contribution in [2.24, 2.45) is 5.10 Å². The smallest absolute Gasteiger partial charge is 0.264 e. The van der Waals surface area contributed by atoms with Crippen LogP contribution in [0.4, 0.5) is 15.8 Å². The van der Waals surface area contributed by atoms with Gasteiger partial charge in [0.2, 0.25) is 0 Å². The number of carbonyl (C=O) groups excluding carboxylic acids is 2. The quantitative estimate of drug-likeness (QED) is 0.193. The van der Waals surface area contributed by atoms with Gasteiger partial charge in [-0.3, -0.25) is 13.9 Å². The van der Waals surface area contributed by atoms with Crippen molar-refractivity contribution in [1.29, 1.82) is 0 Å². The molecule has 2 amide bonds. The lowest BCUT2D eigenvalue weighted by Gasteiger charge is -2.25. The van der Waals surface area contributed by atoms with Gasteiger partial charge >= 0.3 is 0 Å². The number of nitrogens with one attached hydrogen (secondary N) is 2. The van der Waals surface area contributed by atoms with Crippen LogP contribution in [0.15, 0.2) is 107 Å². The summed E-state index contributed by atoms with van der Waals surface area (Å²) in [5.74, 6) is -1.00. The van der Waals surface area contributed by atoms with Crippen LogP contribution >= 0.6 is 0 Å². The number of carbonyl (C=O) groups is 2. The minimum Gasteiger partial charge on any atom is -0.484 e. The van der Waals surface area contributed by atoms with Gasteiger partial charge in [-0.25, -0.2) is 18.2 Å². The van der Waals surface area contributed by atoms with E-state index in [0.29, 0.717) is 28.3 Å². The zero-order valence-electron chi connectivity index (χ0n) is 23.0. The highest BCUT2D eigenvalue weighted by molar-refractivity contribution is 7.92. The summed E-state index contributed by atoms with van der Waals surface area (Å²) in [6, 6.07) is 25.3. The molecule has 216 valence electrons.